The summed E-state index contributed by atoms with van der Waals surface area (Å²) >= 11 is 0. The molecule has 0 aliphatic carbocycles. The lowest BCUT2D eigenvalue weighted by molar-refractivity contribution is -0.126. The van der Waals surface area contributed by atoms with Gasteiger partial charge in [0.15, 0.2) is 0 Å². The van der Waals surface area contributed by atoms with E-state index in [0.717, 1.165) is 54.6 Å². The third kappa shape index (κ3) is 6.18. The van der Waals surface area contributed by atoms with Gasteiger partial charge in [-0.15, -0.1) is 0 Å². The maximum absolute atomic E-state index is 13.1. The van der Waals surface area contributed by atoms with Crippen LogP contribution in [0.1, 0.15) is 40.9 Å². The van der Waals surface area contributed by atoms with E-state index in [-0.39, 0.29) is 17.7 Å². The Kier molecular flexibility index (Phi) is 8.15. The Balaban J connectivity index is 1.59. The largest absolute Gasteiger partial charge is 0.339 e. The first kappa shape index (κ1) is 25.6. The van der Waals surface area contributed by atoms with Crippen LogP contribution in [-0.4, -0.2) is 69.9 Å². The smallest absolute Gasteiger partial charge is 0.258 e. The molecule has 3 aromatic rings. The standard InChI is InChI=1S/C28H36N6O2/c1-20-9-7-11-24-26(20)34(28(30-24)31-27(36)23-13-14-29-21(2)17-23)19-22-10-5-6-16-33(18-22)25(35)12-8-15-32(3)4/h7-9,11-14,17,22H,5-6,10,15-16,18-19H2,1-4H3,(H,30,31,36)/b12-8+/t22-/m1/s1. The van der Waals surface area contributed by atoms with Crippen molar-refractivity contribution >= 4 is 28.8 Å². The molecule has 0 spiro atoms. The molecule has 1 aliphatic heterocycles. The van der Waals surface area contributed by atoms with Crippen LogP contribution in [0.15, 0.2) is 48.7 Å². The number of imidazole rings is 1. The Morgan fingerprint density at radius 3 is 2.81 bits per heavy atom. The summed E-state index contributed by atoms with van der Waals surface area (Å²) in [6.07, 6.45) is 8.35. The summed E-state index contributed by atoms with van der Waals surface area (Å²) in [6, 6.07) is 9.50. The zero-order chi connectivity index (χ0) is 25.7. The molecular formula is C28H36N6O2. The number of carbonyl (C=O) groups is 2. The van der Waals surface area contributed by atoms with E-state index in [9.17, 15) is 9.59 Å². The first-order valence-electron chi connectivity index (χ1n) is 12.6. The van der Waals surface area contributed by atoms with Crippen molar-refractivity contribution < 1.29 is 9.59 Å². The molecule has 1 saturated heterocycles. The predicted octanol–water partition coefficient (Wildman–Crippen LogP) is 4.05. The molecule has 190 valence electrons. The van der Waals surface area contributed by atoms with Crippen LogP contribution in [0, 0.1) is 19.8 Å². The molecule has 2 amide bonds. The molecule has 0 bridgehead atoms. The number of aryl methyl sites for hydroxylation is 2. The highest BCUT2D eigenvalue weighted by molar-refractivity contribution is 6.04. The van der Waals surface area contributed by atoms with Crippen molar-refractivity contribution in [3.63, 3.8) is 0 Å². The fourth-order valence-electron chi connectivity index (χ4n) is 4.81. The molecule has 0 unspecified atom stereocenters. The van der Waals surface area contributed by atoms with Gasteiger partial charge in [0.2, 0.25) is 11.9 Å². The Morgan fingerprint density at radius 1 is 1.19 bits per heavy atom. The van der Waals surface area contributed by atoms with Crippen LogP contribution in [0.25, 0.3) is 11.0 Å². The summed E-state index contributed by atoms with van der Waals surface area (Å²) in [5, 5.41) is 3.04. The first-order chi connectivity index (χ1) is 17.3. The van der Waals surface area contributed by atoms with E-state index in [1.165, 1.54) is 0 Å². The number of anilines is 1. The molecule has 1 fully saturated rings. The lowest BCUT2D eigenvalue weighted by Gasteiger charge is -2.25. The highest BCUT2D eigenvalue weighted by Gasteiger charge is 2.24. The van der Waals surface area contributed by atoms with Crippen LogP contribution < -0.4 is 5.32 Å². The highest BCUT2D eigenvalue weighted by atomic mass is 16.2. The normalized spacial score (nSPS) is 16.6. The van der Waals surface area contributed by atoms with Crippen LogP contribution in [0.4, 0.5) is 5.95 Å². The van der Waals surface area contributed by atoms with Crippen molar-refractivity contribution in [3.05, 3.63) is 65.5 Å². The van der Waals surface area contributed by atoms with E-state index >= 15 is 0 Å². The zero-order valence-electron chi connectivity index (χ0n) is 21.7. The Labute approximate surface area is 213 Å². The van der Waals surface area contributed by atoms with E-state index in [4.69, 9.17) is 4.98 Å². The van der Waals surface area contributed by atoms with Crippen LogP contribution in [0.2, 0.25) is 0 Å². The lowest BCUT2D eigenvalue weighted by atomic mass is 10.0. The summed E-state index contributed by atoms with van der Waals surface area (Å²) < 4.78 is 2.12. The number of nitrogens with one attached hydrogen (secondary N) is 1. The third-order valence-electron chi connectivity index (χ3n) is 6.60. The molecule has 36 heavy (non-hydrogen) atoms. The topological polar surface area (TPSA) is 83.4 Å². The molecule has 0 radical (unpaired) electrons. The van der Waals surface area contributed by atoms with E-state index < -0.39 is 0 Å². The van der Waals surface area contributed by atoms with E-state index in [2.05, 4.69) is 27.9 Å². The van der Waals surface area contributed by atoms with Crippen molar-refractivity contribution in [2.75, 3.05) is 39.0 Å². The van der Waals surface area contributed by atoms with Crippen LogP contribution in [0.5, 0.6) is 0 Å². The number of likely N-dealkylation sites (N-methyl/N-ethyl adjacent to an activating group) is 1. The van der Waals surface area contributed by atoms with Gasteiger partial charge in [0.05, 0.1) is 11.0 Å². The summed E-state index contributed by atoms with van der Waals surface area (Å²) in [6.45, 7) is 6.81. The summed E-state index contributed by atoms with van der Waals surface area (Å²) in [4.78, 5) is 38.9. The monoisotopic (exact) mass is 488 g/mol. The molecule has 8 heteroatoms. The van der Waals surface area contributed by atoms with Crippen molar-refractivity contribution in [1.82, 2.24) is 24.3 Å². The molecular weight excluding hydrogens is 452 g/mol. The number of benzene rings is 1. The summed E-state index contributed by atoms with van der Waals surface area (Å²) in [5.74, 6) is 0.650. The molecule has 1 atom stereocenters. The molecule has 0 saturated carbocycles. The van der Waals surface area contributed by atoms with E-state index in [0.29, 0.717) is 24.6 Å². The van der Waals surface area contributed by atoms with Gasteiger partial charge in [0.1, 0.15) is 0 Å². The number of likely N-dealkylation sites (tertiary alicyclic amines) is 1. The molecule has 3 heterocycles. The second kappa shape index (κ2) is 11.5. The first-order valence-corrected chi connectivity index (χ1v) is 12.6. The van der Waals surface area contributed by atoms with Gasteiger partial charge in [-0.1, -0.05) is 24.6 Å². The summed E-state index contributed by atoms with van der Waals surface area (Å²) in [5.41, 5.74) is 4.31. The molecule has 8 nitrogen and oxygen atoms in total. The second-order valence-corrected chi connectivity index (χ2v) is 9.94. The fourth-order valence-corrected chi connectivity index (χ4v) is 4.81. The molecule has 1 N–H and O–H groups in total. The van der Waals surface area contributed by atoms with Crippen LogP contribution in [0.3, 0.4) is 0 Å². The van der Waals surface area contributed by atoms with Gasteiger partial charge in [-0.25, -0.2) is 4.98 Å². The minimum atomic E-state index is -0.210. The quantitative estimate of drug-likeness (QED) is 0.508. The predicted molar refractivity (Wildman–Crippen MR) is 143 cm³/mol. The molecule has 1 aliphatic rings. The average molecular weight is 489 g/mol. The van der Waals surface area contributed by atoms with Crippen molar-refractivity contribution in [1.29, 1.82) is 0 Å². The average Bonchev–Trinajstić information content (AvgIpc) is 3.01. The van der Waals surface area contributed by atoms with E-state index in [1.54, 1.807) is 24.4 Å². The number of hydrogen-bond acceptors (Lipinski definition) is 5. The number of aromatic nitrogens is 3. The lowest BCUT2D eigenvalue weighted by Crippen LogP contribution is -2.35. The molecule has 2 aromatic heterocycles. The maximum atomic E-state index is 13.1. The fraction of sp³-hybridized carbons (Fsp3) is 0.429. The summed E-state index contributed by atoms with van der Waals surface area (Å²) in [7, 11) is 3.97. The Bertz CT molecular complexity index is 1260. The van der Waals surface area contributed by atoms with Crippen molar-refractivity contribution in [2.45, 2.75) is 39.7 Å². The third-order valence-corrected chi connectivity index (χ3v) is 6.60. The number of carbonyl (C=O) groups excluding carboxylic acids is 2. The number of pyridine rings is 1. The van der Waals surface area contributed by atoms with Gasteiger partial charge in [0.25, 0.3) is 5.91 Å². The number of fused-ring (bicyclic) bond motifs is 1. The van der Waals surface area contributed by atoms with Gasteiger partial charge in [0, 0.05) is 49.7 Å². The van der Waals surface area contributed by atoms with Crippen molar-refractivity contribution in [3.8, 4) is 0 Å². The second-order valence-electron chi connectivity index (χ2n) is 9.94. The van der Waals surface area contributed by atoms with Crippen LogP contribution >= 0.6 is 0 Å². The van der Waals surface area contributed by atoms with Gasteiger partial charge in [-0.3, -0.25) is 19.9 Å². The van der Waals surface area contributed by atoms with Gasteiger partial charge >= 0.3 is 0 Å². The maximum Gasteiger partial charge on any atom is 0.258 e. The zero-order valence-corrected chi connectivity index (χ0v) is 21.7. The van der Waals surface area contributed by atoms with Crippen molar-refractivity contribution in [2.24, 2.45) is 5.92 Å². The number of amides is 2. The van der Waals surface area contributed by atoms with E-state index in [1.807, 2.05) is 49.0 Å². The molecule has 1 aromatic carbocycles. The SMILES string of the molecule is Cc1cc(C(=O)Nc2nc3cccc(C)c3n2C[C@@H]2CCCCN(C(=O)/C=C/CN(C)C)C2)ccn1. The van der Waals surface area contributed by atoms with Gasteiger partial charge < -0.3 is 14.4 Å². The van der Waals surface area contributed by atoms with Gasteiger partial charge in [-0.05, 0) is 70.5 Å². The highest BCUT2D eigenvalue weighted by Crippen LogP contribution is 2.27. The molecule has 4 rings (SSSR count). The van der Waals surface area contributed by atoms with Crippen LogP contribution in [-0.2, 0) is 11.3 Å². The number of rotatable bonds is 7. The Hall–Kier alpha value is -3.52. The van der Waals surface area contributed by atoms with Gasteiger partial charge in [-0.2, -0.15) is 0 Å². The Morgan fingerprint density at radius 2 is 2.03 bits per heavy atom. The minimum Gasteiger partial charge on any atom is -0.339 e. The minimum absolute atomic E-state index is 0.0667. The number of hydrogen-bond donors (Lipinski definition) is 1. The number of para-hydroxylation sites is 1. The number of nitrogens with zero attached hydrogens (tertiary/aromatic N) is 5.